The summed E-state index contributed by atoms with van der Waals surface area (Å²) in [4.78, 5) is 10.7. The summed E-state index contributed by atoms with van der Waals surface area (Å²) in [5.41, 5.74) is 8.00. The number of hydrogen-bond acceptors (Lipinski definition) is 2. The van der Waals surface area contributed by atoms with Crippen LogP contribution in [0.2, 0.25) is 0 Å². The molecule has 0 aliphatic rings. The predicted molar refractivity (Wildman–Crippen MR) is 67.9 cm³/mol. The van der Waals surface area contributed by atoms with Crippen molar-refractivity contribution in [2.75, 3.05) is 0 Å². The monoisotopic (exact) mass is 229 g/mol. The van der Waals surface area contributed by atoms with E-state index in [0.717, 1.165) is 16.3 Å². The summed E-state index contributed by atoms with van der Waals surface area (Å²) < 4.78 is 0. The number of carboxylic acid groups (broad SMARTS) is 1. The van der Waals surface area contributed by atoms with E-state index in [2.05, 4.69) is 0 Å². The summed E-state index contributed by atoms with van der Waals surface area (Å²) in [6, 6.07) is 11.4. The van der Waals surface area contributed by atoms with Gasteiger partial charge in [-0.2, -0.15) is 0 Å². The predicted octanol–water partition coefficient (Wildman–Crippen LogP) is 2.62. The molecule has 0 fully saturated rings. The highest BCUT2D eigenvalue weighted by atomic mass is 16.4. The first-order valence-corrected chi connectivity index (χ1v) is 5.55. The van der Waals surface area contributed by atoms with E-state index in [4.69, 9.17) is 10.8 Å². The van der Waals surface area contributed by atoms with Gasteiger partial charge in [0, 0.05) is 6.04 Å². The highest BCUT2D eigenvalue weighted by molar-refractivity contribution is 5.89. The van der Waals surface area contributed by atoms with Crippen molar-refractivity contribution in [2.24, 2.45) is 5.73 Å². The van der Waals surface area contributed by atoms with E-state index in [9.17, 15) is 4.79 Å². The molecule has 2 aromatic rings. The molecule has 0 amide bonds. The average Bonchev–Trinajstić information content (AvgIpc) is 2.29. The molecular formula is C14H15NO2. The van der Waals surface area contributed by atoms with E-state index in [0.29, 0.717) is 0 Å². The molecule has 0 radical (unpaired) electrons. The highest BCUT2D eigenvalue weighted by Crippen LogP contribution is 2.27. The second-order valence-corrected chi connectivity index (χ2v) is 4.22. The average molecular weight is 229 g/mol. The van der Waals surface area contributed by atoms with Gasteiger partial charge in [0.25, 0.3) is 0 Å². The fourth-order valence-corrected chi connectivity index (χ4v) is 2.09. The van der Waals surface area contributed by atoms with Gasteiger partial charge in [-0.15, -0.1) is 0 Å². The fraction of sp³-hybridized carbons (Fsp3) is 0.214. The molecule has 0 unspecified atom stereocenters. The fourth-order valence-electron chi connectivity index (χ4n) is 2.09. The van der Waals surface area contributed by atoms with Crippen molar-refractivity contribution >= 4 is 16.7 Å². The van der Waals surface area contributed by atoms with E-state index in [1.165, 1.54) is 5.56 Å². The Hall–Kier alpha value is -1.87. The molecule has 88 valence electrons. The summed E-state index contributed by atoms with van der Waals surface area (Å²) in [5.74, 6) is -0.873. The minimum absolute atomic E-state index is 0.0486. The van der Waals surface area contributed by atoms with Crippen LogP contribution in [0.15, 0.2) is 36.4 Å². The topological polar surface area (TPSA) is 63.3 Å². The number of hydrogen-bond donors (Lipinski definition) is 2. The molecular weight excluding hydrogens is 214 g/mol. The number of rotatable bonds is 3. The minimum Gasteiger partial charge on any atom is -0.481 e. The van der Waals surface area contributed by atoms with E-state index in [-0.39, 0.29) is 6.42 Å². The van der Waals surface area contributed by atoms with Crippen LogP contribution in [0.4, 0.5) is 0 Å². The molecule has 1 atom stereocenters. The lowest BCUT2D eigenvalue weighted by atomic mass is 9.95. The zero-order valence-electron chi connectivity index (χ0n) is 9.68. The quantitative estimate of drug-likeness (QED) is 0.850. The Kier molecular flexibility index (Phi) is 3.11. The smallest absolute Gasteiger partial charge is 0.305 e. The molecule has 2 aromatic carbocycles. The Labute approximate surface area is 99.9 Å². The number of carbonyl (C=O) groups is 1. The van der Waals surface area contributed by atoms with Gasteiger partial charge in [-0.3, -0.25) is 4.79 Å². The molecule has 0 aliphatic heterocycles. The number of aliphatic carboxylic acids is 1. The first-order valence-electron chi connectivity index (χ1n) is 5.55. The third-order valence-corrected chi connectivity index (χ3v) is 2.97. The van der Waals surface area contributed by atoms with Crippen molar-refractivity contribution in [2.45, 2.75) is 19.4 Å². The lowest BCUT2D eigenvalue weighted by Gasteiger charge is -2.14. The minimum atomic E-state index is -0.873. The maximum atomic E-state index is 10.7. The Morgan fingerprint density at radius 3 is 2.53 bits per heavy atom. The second kappa shape index (κ2) is 4.55. The van der Waals surface area contributed by atoms with Gasteiger partial charge in [0.2, 0.25) is 0 Å². The van der Waals surface area contributed by atoms with Gasteiger partial charge in [-0.25, -0.2) is 0 Å². The van der Waals surface area contributed by atoms with Crippen LogP contribution in [-0.4, -0.2) is 11.1 Å². The third-order valence-electron chi connectivity index (χ3n) is 2.97. The molecule has 0 bridgehead atoms. The normalized spacial score (nSPS) is 12.6. The molecule has 2 rings (SSSR count). The van der Waals surface area contributed by atoms with Gasteiger partial charge in [0.15, 0.2) is 0 Å². The first-order chi connectivity index (χ1) is 8.09. The molecule has 0 aromatic heterocycles. The maximum Gasteiger partial charge on any atom is 0.305 e. The molecule has 0 saturated heterocycles. The second-order valence-electron chi connectivity index (χ2n) is 4.22. The summed E-state index contributed by atoms with van der Waals surface area (Å²) in [6.45, 7) is 2.04. The summed E-state index contributed by atoms with van der Waals surface area (Å²) in [5, 5.41) is 11.0. The van der Waals surface area contributed by atoms with Crippen LogP contribution in [0.1, 0.15) is 23.6 Å². The SMILES string of the molecule is Cc1ccc([C@@H](N)CC(=O)O)c2ccccc12. The number of fused-ring (bicyclic) bond motifs is 1. The number of nitrogens with two attached hydrogens (primary N) is 1. The Bertz CT molecular complexity index is 563. The largest absolute Gasteiger partial charge is 0.481 e. The molecule has 17 heavy (non-hydrogen) atoms. The lowest BCUT2D eigenvalue weighted by molar-refractivity contribution is -0.137. The van der Waals surface area contributed by atoms with Gasteiger partial charge in [-0.1, -0.05) is 36.4 Å². The van der Waals surface area contributed by atoms with Crippen LogP contribution in [0.3, 0.4) is 0 Å². The van der Waals surface area contributed by atoms with Crippen LogP contribution in [0.25, 0.3) is 10.8 Å². The molecule has 0 heterocycles. The van der Waals surface area contributed by atoms with Crippen LogP contribution in [0, 0.1) is 6.92 Å². The van der Waals surface area contributed by atoms with Crippen LogP contribution in [-0.2, 0) is 4.79 Å². The van der Waals surface area contributed by atoms with Gasteiger partial charge in [0.05, 0.1) is 6.42 Å². The molecule has 3 heteroatoms. The zero-order valence-corrected chi connectivity index (χ0v) is 9.68. The van der Waals surface area contributed by atoms with Crippen LogP contribution >= 0.6 is 0 Å². The molecule has 3 nitrogen and oxygen atoms in total. The molecule has 0 saturated carbocycles. The van der Waals surface area contributed by atoms with Gasteiger partial charge < -0.3 is 10.8 Å². The lowest BCUT2D eigenvalue weighted by Crippen LogP contribution is -2.15. The molecule has 3 N–H and O–H groups in total. The maximum absolute atomic E-state index is 10.7. The molecule has 0 aliphatic carbocycles. The highest BCUT2D eigenvalue weighted by Gasteiger charge is 2.13. The van der Waals surface area contributed by atoms with Crippen LogP contribution in [0.5, 0.6) is 0 Å². The number of aryl methyl sites for hydroxylation is 1. The number of carboxylic acids is 1. The Morgan fingerprint density at radius 1 is 1.24 bits per heavy atom. The van der Waals surface area contributed by atoms with E-state index >= 15 is 0 Å². The van der Waals surface area contributed by atoms with E-state index in [1.807, 2.05) is 43.3 Å². The van der Waals surface area contributed by atoms with E-state index in [1.54, 1.807) is 0 Å². The van der Waals surface area contributed by atoms with Crippen molar-refractivity contribution in [3.8, 4) is 0 Å². The third kappa shape index (κ3) is 2.29. The first kappa shape index (κ1) is 11.6. The van der Waals surface area contributed by atoms with Crippen molar-refractivity contribution in [3.63, 3.8) is 0 Å². The van der Waals surface area contributed by atoms with Crippen molar-refractivity contribution < 1.29 is 9.90 Å². The van der Waals surface area contributed by atoms with Gasteiger partial charge in [0.1, 0.15) is 0 Å². The van der Waals surface area contributed by atoms with E-state index < -0.39 is 12.0 Å². The summed E-state index contributed by atoms with van der Waals surface area (Å²) in [7, 11) is 0. The van der Waals surface area contributed by atoms with Crippen LogP contribution < -0.4 is 5.73 Å². The zero-order chi connectivity index (χ0) is 12.4. The van der Waals surface area contributed by atoms with Crippen molar-refractivity contribution in [1.82, 2.24) is 0 Å². The van der Waals surface area contributed by atoms with Crippen molar-refractivity contribution in [1.29, 1.82) is 0 Å². The Morgan fingerprint density at radius 2 is 1.88 bits per heavy atom. The standard InChI is InChI=1S/C14H15NO2/c1-9-6-7-12(13(15)8-14(16)17)11-5-3-2-4-10(9)11/h2-7,13H,8,15H2,1H3,(H,16,17)/t13-/m0/s1. The van der Waals surface area contributed by atoms with Crippen molar-refractivity contribution in [3.05, 3.63) is 47.5 Å². The van der Waals surface area contributed by atoms with Gasteiger partial charge in [-0.05, 0) is 28.8 Å². The summed E-state index contributed by atoms with van der Waals surface area (Å²) in [6.07, 6.45) is -0.0486. The Balaban J connectivity index is 2.55. The number of benzene rings is 2. The van der Waals surface area contributed by atoms with Gasteiger partial charge >= 0.3 is 5.97 Å². The molecule has 0 spiro atoms. The summed E-state index contributed by atoms with van der Waals surface area (Å²) >= 11 is 0.